The molecule has 0 aliphatic heterocycles. The highest BCUT2D eigenvalue weighted by molar-refractivity contribution is 6.01. The molecule has 18 heavy (non-hydrogen) atoms. The first-order chi connectivity index (χ1) is 8.58. The van der Waals surface area contributed by atoms with Crippen LogP contribution in [0.5, 0.6) is 5.75 Å². The fourth-order valence-corrected chi connectivity index (χ4v) is 2.10. The summed E-state index contributed by atoms with van der Waals surface area (Å²) in [5.74, 6) is 0.659. The summed E-state index contributed by atoms with van der Waals surface area (Å²) in [6.07, 6.45) is 1.24. The molecule has 0 atom stereocenters. The number of fused-ring (bicyclic) bond motifs is 1. The topological polar surface area (TPSA) is 55.4 Å². The first-order valence-electron chi connectivity index (χ1n) is 6.15. The van der Waals surface area contributed by atoms with E-state index < -0.39 is 0 Å². The van der Waals surface area contributed by atoms with Crippen molar-refractivity contribution in [1.29, 1.82) is 0 Å². The average Bonchev–Trinajstić information content (AvgIpc) is 2.68. The Hall–Kier alpha value is -1.84. The summed E-state index contributed by atoms with van der Waals surface area (Å²) in [5.41, 5.74) is 1.66. The summed E-state index contributed by atoms with van der Waals surface area (Å²) in [6.45, 7) is 3.79. The van der Waals surface area contributed by atoms with Gasteiger partial charge in [0.2, 0.25) is 0 Å². The minimum Gasteiger partial charge on any atom is -0.483 e. The van der Waals surface area contributed by atoms with E-state index in [4.69, 9.17) is 4.74 Å². The van der Waals surface area contributed by atoms with Gasteiger partial charge in [0.1, 0.15) is 5.75 Å². The van der Waals surface area contributed by atoms with Gasteiger partial charge in [0.25, 0.3) is 5.91 Å². The third-order valence-corrected chi connectivity index (χ3v) is 2.84. The van der Waals surface area contributed by atoms with Crippen molar-refractivity contribution in [3.63, 3.8) is 0 Å². The lowest BCUT2D eigenvalue weighted by Crippen LogP contribution is -2.34. The average molecular weight is 247 g/mol. The highest BCUT2D eigenvalue weighted by Crippen LogP contribution is 2.30. The van der Waals surface area contributed by atoms with E-state index in [1.807, 2.05) is 19.9 Å². The molecule has 0 heterocycles. The van der Waals surface area contributed by atoms with Crippen LogP contribution in [0.3, 0.4) is 0 Å². The van der Waals surface area contributed by atoms with Crippen molar-refractivity contribution in [1.82, 2.24) is 5.32 Å². The predicted octanol–water partition coefficient (Wildman–Crippen LogP) is 1.72. The molecule has 1 aromatic rings. The van der Waals surface area contributed by atoms with Crippen molar-refractivity contribution in [3.8, 4) is 5.75 Å². The van der Waals surface area contributed by atoms with Gasteiger partial charge in [-0.1, -0.05) is 12.1 Å². The van der Waals surface area contributed by atoms with Gasteiger partial charge in [-0.05, 0) is 26.3 Å². The zero-order valence-electron chi connectivity index (χ0n) is 10.7. The molecule has 0 spiro atoms. The summed E-state index contributed by atoms with van der Waals surface area (Å²) in [5, 5.41) is 2.76. The van der Waals surface area contributed by atoms with Gasteiger partial charge in [-0.15, -0.1) is 0 Å². The molecule has 0 aromatic heterocycles. The Morgan fingerprint density at radius 3 is 2.89 bits per heavy atom. The van der Waals surface area contributed by atoms with E-state index in [1.165, 1.54) is 0 Å². The van der Waals surface area contributed by atoms with Crippen LogP contribution in [-0.4, -0.2) is 24.3 Å². The van der Waals surface area contributed by atoms with Crippen LogP contribution in [-0.2, 0) is 11.2 Å². The van der Waals surface area contributed by atoms with Crippen LogP contribution in [0.2, 0.25) is 0 Å². The van der Waals surface area contributed by atoms with Crippen LogP contribution in [0.25, 0.3) is 0 Å². The molecule has 2 rings (SSSR count). The molecule has 0 unspecified atom stereocenters. The zero-order valence-corrected chi connectivity index (χ0v) is 10.7. The van der Waals surface area contributed by atoms with Crippen molar-refractivity contribution < 1.29 is 14.3 Å². The molecule has 1 aliphatic carbocycles. The van der Waals surface area contributed by atoms with Gasteiger partial charge in [-0.2, -0.15) is 0 Å². The van der Waals surface area contributed by atoms with Crippen molar-refractivity contribution in [2.45, 2.75) is 32.7 Å². The Bertz CT molecular complexity index is 480. The van der Waals surface area contributed by atoms with Crippen LogP contribution in [0.4, 0.5) is 0 Å². The van der Waals surface area contributed by atoms with Crippen molar-refractivity contribution >= 4 is 11.7 Å². The van der Waals surface area contributed by atoms with E-state index in [2.05, 4.69) is 5.32 Å². The molecule has 1 amide bonds. The van der Waals surface area contributed by atoms with Crippen LogP contribution >= 0.6 is 0 Å². The lowest BCUT2D eigenvalue weighted by molar-refractivity contribution is -0.123. The van der Waals surface area contributed by atoms with E-state index in [0.717, 1.165) is 11.1 Å². The Balaban J connectivity index is 2.03. The van der Waals surface area contributed by atoms with Crippen LogP contribution < -0.4 is 10.1 Å². The number of ketones is 1. The van der Waals surface area contributed by atoms with Gasteiger partial charge in [0.05, 0.1) is 0 Å². The largest absolute Gasteiger partial charge is 0.483 e. The Labute approximate surface area is 106 Å². The second-order valence-electron chi connectivity index (χ2n) is 4.72. The zero-order chi connectivity index (χ0) is 13.1. The normalized spacial score (nSPS) is 13.6. The number of ether oxygens (including phenoxy) is 1. The Morgan fingerprint density at radius 1 is 1.39 bits per heavy atom. The molecule has 0 bridgehead atoms. The standard InChI is InChI=1S/C14H17NO3/c1-9(2)15-14(17)8-18-13-5-3-4-10-11(13)6-7-12(10)16/h3-5,9H,6-8H2,1-2H3,(H,15,17). The van der Waals surface area contributed by atoms with Crippen molar-refractivity contribution in [3.05, 3.63) is 29.3 Å². The molecule has 0 radical (unpaired) electrons. The number of carbonyl (C=O) groups excluding carboxylic acids is 2. The Kier molecular flexibility index (Phi) is 3.65. The molecule has 1 N–H and O–H groups in total. The fraction of sp³-hybridized carbons (Fsp3) is 0.429. The van der Waals surface area contributed by atoms with E-state index in [0.29, 0.717) is 18.6 Å². The number of nitrogens with one attached hydrogen (secondary N) is 1. The number of rotatable bonds is 4. The molecular weight excluding hydrogens is 230 g/mol. The Morgan fingerprint density at radius 2 is 2.17 bits per heavy atom. The second kappa shape index (κ2) is 5.21. The summed E-state index contributed by atoms with van der Waals surface area (Å²) >= 11 is 0. The summed E-state index contributed by atoms with van der Waals surface area (Å²) in [6, 6.07) is 5.51. The van der Waals surface area contributed by atoms with Gasteiger partial charge >= 0.3 is 0 Å². The molecule has 4 nitrogen and oxygen atoms in total. The fourth-order valence-electron chi connectivity index (χ4n) is 2.10. The highest BCUT2D eigenvalue weighted by atomic mass is 16.5. The van der Waals surface area contributed by atoms with Crippen LogP contribution in [0.15, 0.2) is 18.2 Å². The number of Topliss-reactive ketones (excluding diaryl/α,β-unsaturated/α-hetero) is 1. The minimum absolute atomic E-state index is 0.0111. The molecule has 0 fully saturated rings. The number of carbonyl (C=O) groups is 2. The van der Waals surface area contributed by atoms with Gasteiger partial charge in [-0.3, -0.25) is 9.59 Å². The van der Waals surface area contributed by atoms with E-state index in [1.54, 1.807) is 12.1 Å². The number of benzene rings is 1. The third-order valence-electron chi connectivity index (χ3n) is 2.84. The third kappa shape index (κ3) is 2.70. The lowest BCUT2D eigenvalue weighted by Gasteiger charge is -2.11. The molecule has 4 heteroatoms. The molecular formula is C14H17NO3. The van der Waals surface area contributed by atoms with Crippen molar-refractivity contribution in [2.24, 2.45) is 0 Å². The summed E-state index contributed by atoms with van der Waals surface area (Å²) < 4.78 is 5.50. The maximum Gasteiger partial charge on any atom is 0.258 e. The van der Waals surface area contributed by atoms with Gasteiger partial charge < -0.3 is 10.1 Å². The first kappa shape index (κ1) is 12.6. The van der Waals surface area contributed by atoms with Crippen LogP contribution in [0.1, 0.15) is 36.2 Å². The highest BCUT2D eigenvalue weighted by Gasteiger charge is 2.22. The van der Waals surface area contributed by atoms with E-state index >= 15 is 0 Å². The molecule has 1 aliphatic rings. The number of hydrogen-bond acceptors (Lipinski definition) is 3. The van der Waals surface area contributed by atoms with E-state index in [9.17, 15) is 9.59 Å². The predicted molar refractivity (Wildman–Crippen MR) is 67.9 cm³/mol. The maximum atomic E-state index is 11.6. The molecule has 0 saturated carbocycles. The number of hydrogen-bond donors (Lipinski definition) is 1. The smallest absolute Gasteiger partial charge is 0.258 e. The monoisotopic (exact) mass is 247 g/mol. The maximum absolute atomic E-state index is 11.6. The van der Waals surface area contributed by atoms with Crippen molar-refractivity contribution in [2.75, 3.05) is 6.61 Å². The second-order valence-corrected chi connectivity index (χ2v) is 4.72. The number of amides is 1. The summed E-state index contributed by atoms with van der Waals surface area (Å²) in [7, 11) is 0. The lowest BCUT2D eigenvalue weighted by atomic mass is 10.1. The van der Waals surface area contributed by atoms with Crippen LogP contribution in [0, 0.1) is 0 Å². The molecule has 1 aromatic carbocycles. The van der Waals surface area contributed by atoms with Gasteiger partial charge in [0, 0.05) is 23.6 Å². The van der Waals surface area contributed by atoms with Gasteiger partial charge in [0.15, 0.2) is 12.4 Å². The first-order valence-corrected chi connectivity index (χ1v) is 6.15. The quantitative estimate of drug-likeness (QED) is 0.881. The van der Waals surface area contributed by atoms with E-state index in [-0.39, 0.29) is 24.3 Å². The SMILES string of the molecule is CC(C)NC(=O)COc1cccc2c1CCC2=O. The summed E-state index contributed by atoms with van der Waals surface area (Å²) in [4.78, 5) is 23.1. The molecule has 0 saturated heterocycles. The van der Waals surface area contributed by atoms with Gasteiger partial charge in [-0.25, -0.2) is 0 Å². The minimum atomic E-state index is -0.146. The molecule has 96 valence electrons.